The average Bonchev–Trinajstić information content (AvgIpc) is 3.22. The maximum Gasteiger partial charge on any atom is 0.235 e. The van der Waals surface area contributed by atoms with Gasteiger partial charge in [-0.3, -0.25) is 0 Å². The van der Waals surface area contributed by atoms with Gasteiger partial charge < -0.3 is 9.64 Å². The summed E-state index contributed by atoms with van der Waals surface area (Å²) in [4.78, 5) is 2.85. The van der Waals surface area contributed by atoms with Gasteiger partial charge in [-0.25, -0.2) is 0 Å². The van der Waals surface area contributed by atoms with Gasteiger partial charge in [-0.15, -0.1) is 10.2 Å². The van der Waals surface area contributed by atoms with Gasteiger partial charge in [-0.05, 0) is 36.4 Å². The number of rotatable bonds is 4. The van der Waals surface area contributed by atoms with Crippen LogP contribution in [0.2, 0.25) is 0 Å². The van der Waals surface area contributed by atoms with E-state index in [4.69, 9.17) is 9.84 Å². The van der Waals surface area contributed by atoms with Crippen LogP contribution in [0.25, 0.3) is 26.9 Å². The van der Waals surface area contributed by atoms with Crippen LogP contribution >= 0.6 is 11.3 Å². The zero-order valence-corrected chi connectivity index (χ0v) is 15.0. The van der Waals surface area contributed by atoms with E-state index < -0.39 is 0 Å². The summed E-state index contributed by atoms with van der Waals surface area (Å²) >= 11 is 1.53. The molecule has 0 radical (unpaired) electrons. The minimum Gasteiger partial charge on any atom is -0.497 e. The minimum atomic E-state index is 0.726. The Morgan fingerprint density at radius 3 is 2.52 bits per heavy atom. The van der Waals surface area contributed by atoms with Crippen LogP contribution in [0.1, 0.15) is 0 Å². The molecule has 7 heteroatoms. The Bertz CT molecular complexity index is 1020. The molecule has 126 valence electrons. The summed E-state index contributed by atoms with van der Waals surface area (Å²) in [5.74, 6) is 1.54. The van der Waals surface area contributed by atoms with Crippen LogP contribution in [-0.4, -0.2) is 41.0 Å². The molecular weight excluding hydrogens is 334 g/mol. The molecule has 0 aliphatic heterocycles. The number of hydrogen-bond acceptors (Lipinski definition) is 6. The molecule has 2 aromatic carbocycles. The van der Waals surface area contributed by atoms with Gasteiger partial charge in [-0.2, -0.15) is 9.61 Å². The van der Waals surface area contributed by atoms with E-state index in [0.29, 0.717) is 0 Å². The van der Waals surface area contributed by atoms with E-state index in [0.717, 1.165) is 38.4 Å². The first kappa shape index (κ1) is 15.6. The van der Waals surface area contributed by atoms with Crippen molar-refractivity contribution in [2.45, 2.75) is 0 Å². The Morgan fingerprint density at radius 1 is 1.00 bits per heavy atom. The Hall–Kier alpha value is -2.93. The summed E-state index contributed by atoms with van der Waals surface area (Å²) < 4.78 is 7.00. The molecule has 6 nitrogen and oxygen atoms in total. The van der Waals surface area contributed by atoms with E-state index in [-0.39, 0.29) is 0 Å². The molecule has 0 aliphatic rings. The van der Waals surface area contributed by atoms with Crippen molar-refractivity contribution in [1.29, 1.82) is 0 Å². The number of methoxy groups -OCH3 is 1. The van der Waals surface area contributed by atoms with Gasteiger partial charge in [0.05, 0.1) is 7.11 Å². The second-order valence-corrected chi connectivity index (χ2v) is 6.75. The summed E-state index contributed by atoms with van der Waals surface area (Å²) in [7, 11) is 5.71. The third-order valence-corrected chi connectivity index (χ3v) is 4.90. The van der Waals surface area contributed by atoms with Crippen LogP contribution in [-0.2, 0) is 0 Å². The summed E-state index contributed by atoms with van der Waals surface area (Å²) in [6, 6.07) is 16.0. The fraction of sp³-hybridized carbons (Fsp3) is 0.167. The van der Waals surface area contributed by atoms with Gasteiger partial charge in [-0.1, -0.05) is 23.5 Å². The van der Waals surface area contributed by atoms with E-state index in [1.165, 1.54) is 11.3 Å². The number of hydrogen-bond donors (Lipinski definition) is 0. The van der Waals surface area contributed by atoms with E-state index in [1.807, 2.05) is 44.4 Å². The first-order chi connectivity index (χ1) is 12.2. The van der Waals surface area contributed by atoms with E-state index in [9.17, 15) is 0 Å². The maximum absolute atomic E-state index is 5.21. The number of aromatic nitrogens is 4. The predicted octanol–water partition coefficient (Wildman–Crippen LogP) is 3.59. The zero-order valence-electron chi connectivity index (χ0n) is 14.2. The molecule has 0 unspecified atom stereocenters. The molecule has 2 aromatic heterocycles. The van der Waals surface area contributed by atoms with Crippen LogP contribution in [0.4, 0.5) is 5.69 Å². The highest BCUT2D eigenvalue weighted by Crippen LogP contribution is 2.30. The van der Waals surface area contributed by atoms with E-state index in [1.54, 1.807) is 11.6 Å². The fourth-order valence-corrected chi connectivity index (χ4v) is 3.41. The normalized spacial score (nSPS) is 11.0. The Labute approximate surface area is 149 Å². The lowest BCUT2D eigenvalue weighted by molar-refractivity contribution is 0.415. The van der Waals surface area contributed by atoms with E-state index >= 15 is 0 Å². The number of nitrogens with zero attached hydrogens (tertiary/aromatic N) is 5. The minimum absolute atomic E-state index is 0.726. The summed E-state index contributed by atoms with van der Waals surface area (Å²) in [5.41, 5.74) is 3.16. The molecule has 4 rings (SSSR count). The van der Waals surface area contributed by atoms with Crippen molar-refractivity contribution in [2.75, 3.05) is 26.1 Å². The summed E-state index contributed by atoms with van der Waals surface area (Å²) in [5, 5.41) is 14.2. The zero-order chi connectivity index (χ0) is 17.4. The van der Waals surface area contributed by atoms with Crippen LogP contribution in [0.5, 0.6) is 5.75 Å². The van der Waals surface area contributed by atoms with Crippen molar-refractivity contribution in [3.8, 4) is 27.7 Å². The van der Waals surface area contributed by atoms with Crippen molar-refractivity contribution >= 4 is 22.0 Å². The molecule has 0 saturated carbocycles. The molecule has 0 bridgehead atoms. The van der Waals surface area contributed by atoms with Gasteiger partial charge in [0.1, 0.15) is 10.8 Å². The van der Waals surface area contributed by atoms with Crippen molar-refractivity contribution in [3.63, 3.8) is 0 Å². The Kier molecular flexibility index (Phi) is 3.85. The van der Waals surface area contributed by atoms with Gasteiger partial charge in [0.2, 0.25) is 4.96 Å². The maximum atomic E-state index is 5.21. The highest BCUT2D eigenvalue weighted by molar-refractivity contribution is 7.19. The molecule has 0 fully saturated rings. The third kappa shape index (κ3) is 2.83. The first-order valence-corrected chi connectivity index (χ1v) is 8.62. The second-order valence-electron chi connectivity index (χ2n) is 5.80. The number of ether oxygens (including phenoxy) is 1. The Balaban J connectivity index is 1.76. The number of anilines is 1. The molecule has 25 heavy (non-hydrogen) atoms. The predicted molar refractivity (Wildman–Crippen MR) is 100 cm³/mol. The largest absolute Gasteiger partial charge is 0.497 e. The first-order valence-electron chi connectivity index (χ1n) is 7.80. The molecule has 0 saturated heterocycles. The number of fused-ring (bicyclic) bond motifs is 1. The smallest absolute Gasteiger partial charge is 0.235 e. The average molecular weight is 351 g/mol. The molecule has 0 N–H and O–H groups in total. The molecule has 0 spiro atoms. The van der Waals surface area contributed by atoms with Crippen LogP contribution in [0.15, 0.2) is 48.5 Å². The van der Waals surface area contributed by atoms with Crippen molar-refractivity contribution in [2.24, 2.45) is 0 Å². The molecule has 0 aliphatic carbocycles. The lowest BCUT2D eigenvalue weighted by Gasteiger charge is -2.12. The van der Waals surface area contributed by atoms with Gasteiger partial charge in [0.15, 0.2) is 5.82 Å². The lowest BCUT2D eigenvalue weighted by Crippen LogP contribution is -2.08. The van der Waals surface area contributed by atoms with E-state index in [2.05, 4.69) is 33.3 Å². The van der Waals surface area contributed by atoms with Gasteiger partial charge in [0, 0.05) is 30.9 Å². The lowest BCUT2D eigenvalue weighted by atomic mass is 10.2. The topological polar surface area (TPSA) is 55.6 Å². The monoisotopic (exact) mass is 351 g/mol. The number of benzene rings is 2. The van der Waals surface area contributed by atoms with Crippen molar-refractivity contribution in [3.05, 3.63) is 48.5 Å². The van der Waals surface area contributed by atoms with Crippen molar-refractivity contribution in [1.82, 2.24) is 19.8 Å². The third-order valence-electron chi connectivity index (χ3n) is 3.95. The molecule has 4 aromatic rings. The SMILES string of the molecule is COc1ccc(-c2nnc3sc(-c4cccc(N(C)C)c4)nn23)cc1. The quantitative estimate of drug-likeness (QED) is 0.562. The summed E-state index contributed by atoms with van der Waals surface area (Å²) in [6.07, 6.45) is 0. The molecular formula is C18H17N5OS. The standard InChI is InChI=1S/C18H17N5OS/c1-22(2)14-6-4-5-13(11-14)17-21-23-16(19-20-18(23)25-17)12-7-9-15(24-3)10-8-12/h4-11H,1-3H3. The Morgan fingerprint density at radius 2 is 1.80 bits per heavy atom. The van der Waals surface area contributed by atoms with Crippen LogP contribution in [0, 0.1) is 0 Å². The summed E-state index contributed by atoms with van der Waals surface area (Å²) in [6.45, 7) is 0. The van der Waals surface area contributed by atoms with Crippen molar-refractivity contribution < 1.29 is 4.74 Å². The molecule has 2 heterocycles. The van der Waals surface area contributed by atoms with Crippen LogP contribution < -0.4 is 9.64 Å². The second kappa shape index (κ2) is 6.18. The van der Waals surface area contributed by atoms with Gasteiger partial charge in [0.25, 0.3) is 0 Å². The van der Waals surface area contributed by atoms with Crippen LogP contribution in [0.3, 0.4) is 0 Å². The fourth-order valence-electron chi connectivity index (χ4n) is 2.57. The highest BCUT2D eigenvalue weighted by atomic mass is 32.1. The molecule has 0 amide bonds. The molecule has 0 atom stereocenters. The highest BCUT2D eigenvalue weighted by Gasteiger charge is 2.15. The van der Waals surface area contributed by atoms with Gasteiger partial charge >= 0.3 is 0 Å².